The van der Waals surface area contributed by atoms with Gasteiger partial charge in [0.05, 0.1) is 17.7 Å². The van der Waals surface area contributed by atoms with Crippen molar-refractivity contribution >= 4 is 21.9 Å². The number of hydrogen-bond donors (Lipinski definition) is 1. The third-order valence-corrected chi connectivity index (χ3v) is 5.70. The van der Waals surface area contributed by atoms with E-state index < -0.39 is 0 Å². The Morgan fingerprint density at radius 3 is 2.78 bits per heavy atom. The van der Waals surface area contributed by atoms with Crippen molar-refractivity contribution in [2.75, 3.05) is 53.0 Å². The van der Waals surface area contributed by atoms with E-state index in [0.29, 0.717) is 4.47 Å². The zero-order chi connectivity index (χ0) is 19.1. The van der Waals surface area contributed by atoms with Crippen LogP contribution in [-0.4, -0.2) is 68.7 Å². The number of hydrogen-bond acceptors (Lipinski definition) is 3. The van der Waals surface area contributed by atoms with Gasteiger partial charge >= 0.3 is 0 Å². The number of benzene rings is 1. The van der Waals surface area contributed by atoms with Crippen LogP contribution in [0.15, 0.2) is 39.3 Å². The van der Waals surface area contributed by atoms with Gasteiger partial charge in [-0.05, 0) is 46.5 Å². The minimum atomic E-state index is -0.199. The highest BCUT2D eigenvalue weighted by molar-refractivity contribution is 9.10. The molecule has 5 nitrogen and oxygen atoms in total. The van der Waals surface area contributed by atoms with Crippen LogP contribution in [0.4, 0.5) is 4.39 Å². The maximum atomic E-state index is 13.7. The molecule has 0 atom stereocenters. The van der Waals surface area contributed by atoms with E-state index in [-0.39, 0.29) is 5.82 Å². The Hall–Kier alpha value is -1.44. The number of nitrogens with one attached hydrogen (secondary N) is 1. The molecule has 7 heteroatoms. The SMILES string of the molecule is CN=C(NCCC1=CCOCC1)N1CCN(Cc2ccc(Br)c(F)c2)CC1. The van der Waals surface area contributed by atoms with Gasteiger partial charge in [-0.15, -0.1) is 0 Å². The zero-order valence-corrected chi connectivity index (χ0v) is 17.5. The van der Waals surface area contributed by atoms with Crippen molar-refractivity contribution in [3.63, 3.8) is 0 Å². The quantitative estimate of drug-likeness (QED) is 0.435. The predicted molar refractivity (Wildman–Crippen MR) is 110 cm³/mol. The monoisotopic (exact) mass is 438 g/mol. The van der Waals surface area contributed by atoms with Crippen molar-refractivity contribution in [3.05, 3.63) is 45.7 Å². The molecule has 2 heterocycles. The first-order chi connectivity index (χ1) is 13.2. The zero-order valence-electron chi connectivity index (χ0n) is 15.9. The number of ether oxygens (including phenoxy) is 1. The van der Waals surface area contributed by atoms with Crippen molar-refractivity contribution in [1.82, 2.24) is 15.1 Å². The molecular weight excluding hydrogens is 411 g/mol. The molecule has 1 N–H and O–H groups in total. The fourth-order valence-electron chi connectivity index (χ4n) is 3.47. The lowest BCUT2D eigenvalue weighted by Crippen LogP contribution is -2.52. The molecule has 1 aromatic carbocycles. The molecule has 0 saturated carbocycles. The Labute approximate surface area is 169 Å². The molecule has 0 aliphatic carbocycles. The molecule has 0 bridgehead atoms. The van der Waals surface area contributed by atoms with Crippen LogP contribution in [0, 0.1) is 5.82 Å². The van der Waals surface area contributed by atoms with Gasteiger partial charge in [0, 0.05) is 46.3 Å². The Bertz CT molecular complexity index is 687. The third kappa shape index (κ3) is 6.02. The van der Waals surface area contributed by atoms with E-state index >= 15 is 0 Å². The summed E-state index contributed by atoms with van der Waals surface area (Å²) >= 11 is 3.21. The Morgan fingerprint density at radius 1 is 1.30 bits per heavy atom. The first kappa shape index (κ1) is 20.3. The van der Waals surface area contributed by atoms with Crippen LogP contribution < -0.4 is 5.32 Å². The second kappa shape index (κ2) is 10.2. The minimum Gasteiger partial charge on any atom is -0.377 e. The molecule has 1 aromatic rings. The molecule has 0 amide bonds. The van der Waals surface area contributed by atoms with Crippen LogP contribution >= 0.6 is 15.9 Å². The molecule has 2 aliphatic heterocycles. The molecule has 2 aliphatic rings. The van der Waals surface area contributed by atoms with E-state index in [2.05, 4.69) is 42.1 Å². The normalized spacial score (nSPS) is 19.1. The van der Waals surface area contributed by atoms with Crippen molar-refractivity contribution in [2.24, 2.45) is 4.99 Å². The number of piperazine rings is 1. The smallest absolute Gasteiger partial charge is 0.193 e. The first-order valence-electron chi connectivity index (χ1n) is 9.53. The summed E-state index contributed by atoms with van der Waals surface area (Å²) in [4.78, 5) is 9.10. The summed E-state index contributed by atoms with van der Waals surface area (Å²) < 4.78 is 19.6. The summed E-state index contributed by atoms with van der Waals surface area (Å²) in [6, 6.07) is 5.37. The van der Waals surface area contributed by atoms with Gasteiger partial charge in [0.25, 0.3) is 0 Å². The fourth-order valence-corrected chi connectivity index (χ4v) is 3.72. The Balaban J connectivity index is 1.42. The van der Waals surface area contributed by atoms with E-state index in [1.54, 1.807) is 12.1 Å². The summed E-state index contributed by atoms with van der Waals surface area (Å²) in [6.45, 7) is 7.00. The average molecular weight is 439 g/mol. The highest BCUT2D eigenvalue weighted by atomic mass is 79.9. The van der Waals surface area contributed by atoms with Gasteiger partial charge in [-0.1, -0.05) is 17.7 Å². The summed E-state index contributed by atoms with van der Waals surface area (Å²) in [6.07, 6.45) is 4.27. The van der Waals surface area contributed by atoms with Gasteiger partial charge in [0.15, 0.2) is 5.96 Å². The second-order valence-electron chi connectivity index (χ2n) is 6.92. The maximum Gasteiger partial charge on any atom is 0.193 e. The van der Waals surface area contributed by atoms with Gasteiger partial charge in [0.2, 0.25) is 0 Å². The van der Waals surface area contributed by atoms with E-state index in [4.69, 9.17) is 4.74 Å². The van der Waals surface area contributed by atoms with E-state index in [1.807, 2.05) is 13.1 Å². The Kier molecular flexibility index (Phi) is 7.67. The van der Waals surface area contributed by atoms with Crippen LogP contribution in [0.3, 0.4) is 0 Å². The average Bonchev–Trinajstić information content (AvgIpc) is 2.70. The topological polar surface area (TPSA) is 40.1 Å². The summed E-state index contributed by atoms with van der Waals surface area (Å²) in [7, 11) is 1.84. The molecule has 0 unspecified atom stereocenters. The maximum absolute atomic E-state index is 13.7. The van der Waals surface area contributed by atoms with Gasteiger partial charge in [-0.25, -0.2) is 4.39 Å². The molecule has 148 valence electrons. The lowest BCUT2D eigenvalue weighted by atomic mass is 10.1. The van der Waals surface area contributed by atoms with Crippen molar-refractivity contribution < 1.29 is 9.13 Å². The highest BCUT2D eigenvalue weighted by Gasteiger charge is 2.20. The number of rotatable bonds is 5. The van der Waals surface area contributed by atoms with Crippen LogP contribution in [-0.2, 0) is 11.3 Å². The van der Waals surface area contributed by atoms with Gasteiger partial charge in [-0.2, -0.15) is 0 Å². The highest BCUT2D eigenvalue weighted by Crippen LogP contribution is 2.18. The van der Waals surface area contributed by atoms with Crippen LogP contribution in [0.5, 0.6) is 0 Å². The van der Waals surface area contributed by atoms with E-state index in [0.717, 1.165) is 76.8 Å². The van der Waals surface area contributed by atoms with Gasteiger partial charge in [0.1, 0.15) is 5.82 Å². The second-order valence-corrected chi connectivity index (χ2v) is 7.78. The molecule has 0 spiro atoms. The molecule has 1 saturated heterocycles. The van der Waals surface area contributed by atoms with Crippen LogP contribution in [0.25, 0.3) is 0 Å². The lowest BCUT2D eigenvalue weighted by Gasteiger charge is -2.36. The molecule has 1 fully saturated rings. The molecule has 27 heavy (non-hydrogen) atoms. The summed E-state index contributed by atoms with van der Waals surface area (Å²) in [5, 5.41) is 3.49. The van der Waals surface area contributed by atoms with Crippen molar-refractivity contribution in [3.8, 4) is 0 Å². The number of halogens is 2. The predicted octanol–water partition coefficient (Wildman–Crippen LogP) is 3.02. The minimum absolute atomic E-state index is 0.199. The van der Waals surface area contributed by atoms with Crippen LogP contribution in [0.1, 0.15) is 18.4 Å². The van der Waals surface area contributed by atoms with Gasteiger partial charge < -0.3 is 15.0 Å². The number of nitrogens with zero attached hydrogens (tertiary/aromatic N) is 3. The lowest BCUT2D eigenvalue weighted by molar-refractivity contribution is 0.153. The summed E-state index contributed by atoms with van der Waals surface area (Å²) in [5.74, 6) is 0.771. The molecule has 0 aromatic heterocycles. The molecule has 3 rings (SSSR count). The van der Waals surface area contributed by atoms with E-state index in [1.165, 1.54) is 5.57 Å². The van der Waals surface area contributed by atoms with Crippen molar-refractivity contribution in [2.45, 2.75) is 19.4 Å². The van der Waals surface area contributed by atoms with Crippen LogP contribution in [0.2, 0.25) is 0 Å². The van der Waals surface area contributed by atoms with E-state index in [9.17, 15) is 4.39 Å². The molecule has 0 radical (unpaired) electrons. The van der Waals surface area contributed by atoms with Crippen molar-refractivity contribution in [1.29, 1.82) is 0 Å². The summed E-state index contributed by atoms with van der Waals surface area (Å²) in [5.41, 5.74) is 2.48. The largest absolute Gasteiger partial charge is 0.377 e. The third-order valence-electron chi connectivity index (χ3n) is 5.06. The fraction of sp³-hybridized carbons (Fsp3) is 0.550. The number of guanidine groups is 1. The number of aliphatic imine (C=N–C) groups is 1. The first-order valence-corrected chi connectivity index (χ1v) is 10.3. The molecular formula is C20H28BrFN4O. The Morgan fingerprint density at radius 2 is 2.11 bits per heavy atom. The van der Waals surface area contributed by atoms with Gasteiger partial charge in [-0.3, -0.25) is 9.89 Å². The standard InChI is InChI=1S/C20H28BrFN4O/c1-23-20(24-7-4-16-5-12-27-13-6-16)26-10-8-25(9-11-26)15-17-2-3-18(21)19(22)14-17/h2-3,5,14H,4,6-13,15H2,1H3,(H,23,24).